The lowest BCUT2D eigenvalue weighted by atomic mass is 9.85. The molecule has 23 heavy (non-hydrogen) atoms. The van der Waals surface area contributed by atoms with E-state index in [2.05, 4.69) is 5.10 Å². The molecule has 1 aromatic heterocycles. The number of aryl methyl sites for hydroxylation is 1. The maximum Gasteiger partial charge on any atom is 0.228 e. The molecule has 0 aliphatic carbocycles. The van der Waals surface area contributed by atoms with Crippen LogP contribution in [-0.2, 0) is 21.4 Å². The van der Waals surface area contributed by atoms with Crippen molar-refractivity contribution < 1.29 is 14.3 Å². The second-order valence-electron chi connectivity index (χ2n) is 6.29. The van der Waals surface area contributed by atoms with Crippen LogP contribution in [0.15, 0.2) is 12.3 Å². The molecule has 0 saturated carbocycles. The Kier molecular flexibility index (Phi) is 4.39. The van der Waals surface area contributed by atoms with Crippen LogP contribution >= 0.6 is 0 Å². The van der Waals surface area contributed by atoms with Crippen molar-refractivity contribution in [2.24, 2.45) is 13.0 Å². The second kappa shape index (κ2) is 6.31. The maximum atomic E-state index is 12.9. The van der Waals surface area contributed by atoms with Crippen molar-refractivity contribution in [3.8, 4) is 0 Å². The summed E-state index contributed by atoms with van der Waals surface area (Å²) in [4.78, 5) is 28.6. The van der Waals surface area contributed by atoms with Gasteiger partial charge in [-0.1, -0.05) is 0 Å². The molecule has 2 aliphatic rings. The fraction of sp³-hybridized carbons (Fsp3) is 0.688. The molecule has 0 N–H and O–H groups in total. The van der Waals surface area contributed by atoms with Crippen molar-refractivity contribution >= 4 is 11.8 Å². The highest BCUT2D eigenvalue weighted by molar-refractivity contribution is 5.85. The quantitative estimate of drug-likeness (QED) is 0.814. The van der Waals surface area contributed by atoms with Gasteiger partial charge >= 0.3 is 0 Å². The highest BCUT2D eigenvalue weighted by Gasteiger charge is 2.44. The third kappa shape index (κ3) is 2.85. The summed E-state index contributed by atoms with van der Waals surface area (Å²) in [6.45, 7) is 3.94. The lowest BCUT2D eigenvalue weighted by Gasteiger charge is -2.44. The molecule has 2 amide bonds. The predicted octanol–water partition coefficient (Wildman–Crippen LogP) is 0.577. The zero-order valence-electron chi connectivity index (χ0n) is 13.9. The molecule has 1 aromatic rings. The average molecular weight is 320 g/mol. The van der Waals surface area contributed by atoms with E-state index in [1.165, 1.54) is 0 Å². The Balaban J connectivity index is 1.78. The number of aromatic nitrogens is 2. The van der Waals surface area contributed by atoms with Crippen LogP contribution < -0.4 is 0 Å². The summed E-state index contributed by atoms with van der Waals surface area (Å²) in [6.07, 6.45) is 2.87. The van der Waals surface area contributed by atoms with E-state index in [0.29, 0.717) is 32.5 Å². The third-order valence-electron chi connectivity index (χ3n) is 4.90. The van der Waals surface area contributed by atoms with Crippen molar-refractivity contribution in [3.63, 3.8) is 0 Å². The molecule has 3 heterocycles. The lowest BCUT2D eigenvalue weighted by molar-refractivity contribution is -0.156. The zero-order valence-corrected chi connectivity index (χ0v) is 13.9. The molecule has 2 saturated heterocycles. The number of hydrogen-bond acceptors (Lipinski definition) is 4. The van der Waals surface area contributed by atoms with E-state index in [9.17, 15) is 9.59 Å². The summed E-state index contributed by atoms with van der Waals surface area (Å²) in [5, 5.41) is 4.19. The molecule has 2 fully saturated rings. The minimum atomic E-state index is -0.248. The van der Waals surface area contributed by atoms with E-state index in [1.807, 2.05) is 24.9 Å². The van der Waals surface area contributed by atoms with Gasteiger partial charge in [-0.2, -0.15) is 5.10 Å². The van der Waals surface area contributed by atoms with Crippen molar-refractivity contribution in [2.45, 2.75) is 31.9 Å². The number of hydrogen-bond donors (Lipinski definition) is 0. The monoisotopic (exact) mass is 320 g/mol. The van der Waals surface area contributed by atoms with Crippen molar-refractivity contribution in [3.05, 3.63) is 18.0 Å². The van der Waals surface area contributed by atoms with E-state index in [4.69, 9.17) is 4.74 Å². The smallest absolute Gasteiger partial charge is 0.228 e. The Morgan fingerprint density at radius 3 is 2.74 bits per heavy atom. The molecule has 7 heteroatoms. The van der Waals surface area contributed by atoms with Crippen LogP contribution in [0, 0.1) is 5.92 Å². The number of ether oxygens (including phenoxy) is 1. The predicted molar refractivity (Wildman–Crippen MR) is 83.4 cm³/mol. The fourth-order valence-electron chi connectivity index (χ4n) is 3.57. The van der Waals surface area contributed by atoms with Gasteiger partial charge in [0, 0.05) is 46.4 Å². The van der Waals surface area contributed by atoms with Crippen LogP contribution in [0.25, 0.3) is 0 Å². The highest BCUT2D eigenvalue weighted by atomic mass is 16.5. The molecular formula is C16H24N4O3. The Hall–Kier alpha value is -1.89. The molecule has 2 atom stereocenters. The first kappa shape index (κ1) is 16.0. The summed E-state index contributed by atoms with van der Waals surface area (Å²) in [5.41, 5.74) is 0.904. The first-order chi connectivity index (χ1) is 11.0. The first-order valence-corrected chi connectivity index (χ1v) is 8.16. The average Bonchev–Trinajstić information content (AvgIpc) is 2.90. The Labute approximate surface area is 136 Å². The largest absolute Gasteiger partial charge is 0.375 e. The minimum Gasteiger partial charge on any atom is -0.375 e. The molecule has 126 valence electrons. The summed E-state index contributed by atoms with van der Waals surface area (Å²) in [6, 6.07) is 1.64. The van der Waals surface area contributed by atoms with Crippen LogP contribution in [0.5, 0.6) is 0 Å². The van der Waals surface area contributed by atoms with Gasteiger partial charge < -0.3 is 14.5 Å². The fourth-order valence-corrected chi connectivity index (χ4v) is 3.57. The zero-order chi connectivity index (χ0) is 16.6. The van der Waals surface area contributed by atoms with E-state index >= 15 is 0 Å². The number of carbonyl (C=O) groups excluding carboxylic acids is 2. The van der Waals surface area contributed by atoms with Crippen LogP contribution in [0.3, 0.4) is 0 Å². The Morgan fingerprint density at radius 2 is 2.13 bits per heavy atom. The summed E-state index contributed by atoms with van der Waals surface area (Å²) < 4.78 is 7.28. The molecule has 7 nitrogen and oxygen atoms in total. The maximum absolute atomic E-state index is 12.9. The SMILES string of the molecule is CCOC1CN(C(=O)[C@H]2CCC(=O)N(C)[C@@H]2c2ccnn2C)C1. The van der Waals surface area contributed by atoms with E-state index in [1.54, 1.807) is 22.8 Å². The van der Waals surface area contributed by atoms with E-state index < -0.39 is 0 Å². The first-order valence-electron chi connectivity index (χ1n) is 8.16. The molecule has 0 aromatic carbocycles. The van der Waals surface area contributed by atoms with Crippen LogP contribution in [0.4, 0.5) is 0 Å². The number of carbonyl (C=O) groups is 2. The Bertz CT molecular complexity index is 594. The van der Waals surface area contributed by atoms with Crippen molar-refractivity contribution in [1.82, 2.24) is 19.6 Å². The third-order valence-corrected chi connectivity index (χ3v) is 4.90. The normalized spacial score (nSPS) is 25.6. The summed E-state index contributed by atoms with van der Waals surface area (Å²) in [5.74, 6) is -0.0155. The Morgan fingerprint density at radius 1 is 1.39 bits per heavy atom. The van der Waals surface area contributed by atoms with Crippen molar-refractivity contribution in [2.75, 3.05) is 26.7 Å². The minimum absolute atomic E-state index is 0.0797. The molecule has 0 bridgehead atoms. The number of rotatable bonds is 4. The second-order valence-corrected chi connectivity index (χ2v) is 6.29. The lowest BCUT2D eigenvalue weighted by Crippen LogP contribution is -2.58. The molecule has 0 radical (unpaired) electrons. The summed E-state index contributed by atoms with van der Waals surface area (Å²) in [7, 11) is 3.62. The van der Waals surface area contributed by atoms with Gasteiger partial charge in [0.05, 0.1) is 23.8 Å². The molecular weight excluding hydrogens is 296 g/mol. The molecule has 0 spiro atoms. The van der Waals surface area contributed by atoms with E-state index in [-0.39, 0.29) is 29.9 Å². The topological polar surface area (TPSA) is 67.7 Å². The molecule has 2 aliphatic heterocycles. The van der Waals surface area contributed by atoms with Crippen LogP contribution in [0.2, 0.25) is 0 Å². The number of amides is 2. The summed E-state index contributed by atoms with van der Waals surface area (Å²) >= 11 is 0. The molecule has 3 rings (SSSR count). The van der Waals surface area contributed by atoms with Gasteiger partial charge in [0.15, 0.2) is 0 Å². The van der Waals surface area contributed by atoms with Gasteiger partial charge in [0.25, 0.3) is 0 Å². The number of nitrogens with zero attached hydrogens (tertiary/aromatic N) is 4. The number of likely N-dealkylation sites (tertiary alicyclic amines) is 2. The van der Waals surface area contributed by atoms with Crippen LogP contribution in [-0.4, -0.2) is 64.2 Å². The van der Waals surface area contributed by atoms with Gasteiger partial charge in [-0.05, 0) is 19.4 Å². The van der Waals surface area contributed by atoms with Gasteiger partial charge in [-0.25, -0.2) is 0 Å². The van der Waals surface area contributed by atoms with Crippen molar-refractivity contribution in [1.29, 1.82) is 0 Å². The molecule has 0 unspecified atom stereocenters. The standard InChI is InChI=1S/C16H24N4O3/c1-4-23-11-9-20(10-11)16(22)12-5-6-14(21)18(2)15(12)13-7-8-17-19(13)3/h7-8,11-12,15H,4-6,9-10H2,1-3H3/t12-,15-/m0/s1. The van der Waals surface area contributed by atoms with E-state index in [0.717, 1.165) is 5.69 Å². The van der Waals surface area contributed by atoms with Crippen LogP contribution in [0.1, 0.15) is 31.5 Å². The van der Waals surface area contributed by atoms with Gasteiger partial charge in [0.1, 0.15) is 0 Å². The highest BCUT2D eigenvalue weighted by Crippen LogP contribution is 2.37. The van der Waals surface area contributed by atoms with Gasteiger partial charge in [0.2, 0.25) is 11.8 Å². The van der Waals surface area contributed by atoms with Gasteiger partial charge in [-0.3, -0.25) is 14.3 Å². The van der Waals surface area contributed by atoms with Gasteiger partial charge in [-0.15, -0.1) is 0 Å². The number of piperidine rings is 1.